The van der Waals surface area contributed by atoms with E-state index in [0.29, 0.717) is 43.5 Å². The summed E-state index contributed by atoms with van der Waals surface area (Å²) in [5, 5.41) is 6.73. The Morgan fingerprint density at radius 1 is 1.12 bits per heavy atom. The van der Waals surface area contributed by atoms with Gasteiger partial charge in [-0.05, 0) is 31.2 Å². The quantitative estimate of drug-likeness (QED) is 0.577. The molecular weight excluding hydrogens is 451 g/mol. The molecule has 1 saturated heterocycles. The van der Waals surface area contributed by atoms with Gasteiger partial charge in [0.05, 0.1) is 24.4 Å². The third-order valence-electron chi connectivity index (χ3n) is 5.74. The molecular formula is C23H24F3N5O3. The second-order valence-electron chi connectivity index (χ2n) is 7.86. The Labute approximate surface area is 194 Å². The summed E-state index contributed by atoms with van der Waals surface area (Å²) in [4.78, 5) is 20.8. The highest BCUT2D eigenvalue weighted by Crippen LogP contribution is 2.32. The fraction of sp³-hybridized carbons (Fsp3) is 0.348. The molecule has 11 heteroatoms. The molecule has 1 atom stereocenters. The van der Waals surface area contributed by atoms with Gasteiger partial charge in [-0.2, -0.15) is 18.2 Å². The molecule has 1 fully saturated rings. The topological polar surface area (TPSA) is 83.7 Å². The molecule has 2 aromatic carbocycles. The van der Waals surface area contributed by atoms with Crippen LogP contribution in [0.2, 0.25) is 0 Å². The minimum atomic E-state index is -4.45. The summed E-state index contributed by atoms with van der Waals surface area (Å²) in [7, 11) is 1.54. The summed E-state index contributed by atoms with van der Waals surface area (Å²) in [6.07, 6.45) is -4.45. The maximum absolute atomic E-state index is 13.0. The smallest absolute Gasteiger partial charge is 0.416 e. The number of urea groups is 1. The summed E-state index contributed by atoms with van der Waals surface area (Å²) in [5.41, 5.74) is 0.0561. The van der Waals surface area contributed by atoms with E-state index in [1.807, 2.05) is 19.1 Å². The molecule has 0 bridgehead atoms. The lowest BCUT2D eigenvalue weighted by molar-refractivity contribution is -0.137. The van der Waals surface area contributed by atoms with Crippen molar-refractivity contribution < 1.29 is 27.2 Å². The van der Waals surface area contributed by atoms with Crippen molar-refractivity contribution in [3.8, 4) is 17.1 Å². The van der Waals surface area contributed by atoms with Gasteiger partial charge < -0.3 is 19.5 Å². The van der Waals surface area contributed by atoms with Crippen LogP contribution in [0.25, 0.3) is 11.4 Å². The number of rotatable bonds is 5. The molecule has 2 amide bonds. The van der Waals surface area contributed by atoms with E-state index in [-0.39, 0.29) is 23.5 Å². The van der Waals surface area contributed by atoms with Gasteiger partial charge in [0.15, 0.2) is 0 Å². The lowest BCUT2D eigenvalue weighted by atomic mass is 10.1. The van der Waals surface area contributed by atoms with Crippen LogP contribution in [0.3, 0.4) is 0 Å². The van der Waals surface area contributed by atoms with Crippen LogP contribution in [0.1, 0.15) is 24.4 Å². The largest absolute Gasteiger partial charge is 0.495 e. The van der Waals surface area contributed by atoms with Gasteiger partial charge >= 0.3 is 12.2 Å². The number of hydrogen-bond acceptors (Lipinski definition) is 6. The van der Waals surface area contributed by atoms with E-state index in [2.05, 4.69) is 20.4 Å². The number of piperazine rings is 1. The van der Waals surface area contributed by atoms with Gasteiger partial charge in [0.1, 0.15) is 5.75 Å². The second-order valence-corrected chi connectivity index (χ2v) is 7.86. The number of alkyl halides is 3. The average molecular weight is 475 g/mol. The average Bonchev–Trinajstić information content (AvgIpc) is 3.34. The van der Waals surface area contributed by atoms with Crippen molar-refractivity contribution in [1.82, 2.24) is 19.9 Å². The maximum atomic E-state index is 13.0. The molecule has 180 valence electrons. The van der Waals surface area contributed by atoms with Crippen LogP contribution in [0.4, 0.5) is 23.7 Å². The Balaban J connectivity index is 1.36. The van der Waals surface area contributed by atoms with Gasteiger partial charge in [-0.1, -0.05) is 29.4 Å². The molecule has 2 heterocycles. The van der Waals surface area contributed by atoms with Crippen molar-refractivity contribution >= 4 is 11.7 Å². The molecule has 1 aliphatic rings. The molecule has 1 N–H and O–H groups in total. The molecule has 0 radical (unpaired) electrons. The standard InChI is InChI=1S/C23H24F3N5O3/c1-15(21-28-20(29-34-21)16-6-5-7-17(14-16)23(24,25)26)30-10-12-31(13-11-30)22(32)27-18-8-3-4-9-19(18)33-2/h3-9,14-15H,10-13H2,1-2H3,(H,27,32)/t15-/m0/s1. The summed E-state index contributed by atoms with van der Waals surface area (Å²) < 4.78 is 49.6. The van der Waals surface area contributed by atoms with Gasteiger partial charge in [-0.3, -0.25) is 4.90 Å². The fourth-order valence-corrected chi connectivity index (χ4v) is 3.77. The summed E-state index contributed by atoms with van der Waals surface area (Å²) in [5.74, 6) is 0.984. The minimum absolute atomic E-state index is 0.0998. The molecule has 0 unspecified atom stereocenters. The van der Waals surface area contributed by atoms with Crippen LogP contribution < -0.4 is 10.1 Å². The molecule has 1 aromatic heterocycles. The monoisotopic (exact) mass is 475 g/mol. The second kappa shape index (κ2) is 9.72. The number of methoxy groups -OCH3 is 1. The zero-order valence-electron chi connectivity index (χ0n) is 18.7. The first-order valence-corrected chi connectivity index (χ1v) is 10.7. The number of aromatic nitrogens is 2. The molecule has 0 spiro atoms. The lowest BCUT2D eigenvalue weighted by Crippen LogP contribution is -2.50. The van der Waals surface area contributed by atoms with E-state index in [4.69, 9.17) is 9.26 Å². The summed E-state index contributed by atoms with van der Waals surface area (Å²) in [6, 6.07) is 11.5. The first-order chi connectivity index (χ1) is 16.3. The predicted molar refractivity (Wildman–Crippen MR) is 118 cm³/mol. The molecule has 3 aromatic rings. The molecule has 0 aliphatic carbocycles. The highest BCUT2D eigenvalue weighted by Gasteiger charge is 2.31. The zero-order chi connectivity index (χ0) is 24.3. The molecule has 8 nitrogen and oxygen atoms in total. The number of carbonyl (C=O) groups is 1. The van der Waals surface area contributed by atoms with Crippen LogP contribution in [-0.4, -0.2) is 59.3 Å². The number of amides is 2. The minimum Gasteiger partial charge on any atom is -0.495 e. The van der Waals surface area contributed by atoms with Gasteiger partial charge in [-0.25, -0.2) is 4.79 Å². The van der Waals surface area contributed by atoms with Crippen LogP contribution >= 0.6 is 0 Å². The van der Waals surface area contributed by atoms with E-state index in [1.54, 1.807) is 24.1 Å². The third kappa shape index (κ3) is 5.14. The highest BCUT2D eigenvalue weighted by atomic mass is 19.4. The number of anilines is 1. The molecule has 0 saturated carbocycles. The summed E-state index contributed by atoms with van der Waals surface area (Å²) in [6.45, 7) is 4.00. The van der Waals surface area contributed by atoms with Crippen LogP contribution in [0.15, 0.2) is 53.1 Å². The van der Waals surface area contributed by atoms with Crippen molar-refractivity contribution in [2.45, 2.75) is 19.1 Å². The highest BCUT2D eigenvalue weighted by molar-refractivity contribution is 5.91. The fourth-order valence-electron chi connectivity index (χ4n) is 3.77. The van der Waals surface area contributed by atoms with Crippen LogP contribution in [0.5, 0.6) is 5.75 Å². The van der Waals surface area contributed by atoms with E-state index >= 15 is 0 Å². The normalized spacial score (nSPS) is 15.7. The zero-order valence-corrected chi connectivity index (χ0v) is 18.7. The summed E-state index contributed by atoms with van der Waals surface area (Å²) >= 11 is 0. The number of ether oxygens (including phenoxy) is 1. The van der Waals surface area contributed by atoms with E-state index in [9.17, 15) is 18.0 Å². The van der Waals surface area contributed by atoms with E-state index in [0.717, 1.165) is 12.1 Å². The molecule has 1 aliphatic heterocycles. The van der Waals surface area contributed by atoms with Crippen molar-refractivity contribution in [2.75, 3.05) is 38.6 Å². The van der Waals surface area contributed by atoms with E-state index < -0.39 is 11.7 Å². The number of nitrogens with zero attached hydrogens (tertiary/aromatic N) is 4. The third-order valence-corrected chi connectivity index (χ3v) is 5.74. The Morgan fingerprint density at radius 2 is 1.85 bits per heavy atom. The number of hydrogen-bond donors (Lipinski definition) is 1. The molecule has 34 heavy (non-hydrogen) atoms. The SMILES string of the molecule is COc1ccccc1NC(=O)N1CCN([C@@H](C)c2nc(-c3cccc(C(F)(F)F)c3)no2)CC1. The predicted octanol–water partition coefficient (Wildman–Crippen LogP) is 4.67. The van der Waals surface area contributed by atoms with Crippen molar-refractivity contribution in [3.63, 3.8) is 0 Å². The van der Waals surface area contributed by atoms with Crippen molar-refractivity contribution in [3.05, 3.63) is 60.0 Å². The molecule has 4 rings (SSSR count). The van der Waals surface area contributed by atoms with Crippen molar-refractivity contribution in [1.29, 1.82) is 0 Å². The van der Waals surface area contributed by atoms with Crippen LogP contribution in [-0.2, 0) is 6.18 Å². The van der Waals surface area contributed by atoms with Gasteiger partial charge in [0, 0.05) is 31.7 Å². The van der Waals surface area contributed by atoms with E-state index in [1.165, 1.54) is 12.1 Å². The number of benzene rings is 2. The Hall–Kier alpha value is -3.60. The van der Waals surface area contributed by atoms with Crippen molar-refractivity contribution in [2.24, 2.45) is 0 Å². The maximum Gasteiger partial charge on any atom is 0.416 e. The first kappa shape index (κ1) is 23.6. The Kier molecular flexibility index (Phi) is 6.73. The Bertz CT molecular complexity index is 1140. The first-order valence-electron chi connectivity index (χ1n) is 10.7. The number of halogens is 3. The number of para-hydroxylation sites is 2. The van der Waals surface area contributed by atoms with Gasteiger partial charge in [0.25, 0.3) is 0 Å². The van der Waals surface area contributed by atoms with Gasteiger partial charge in [0.2, 0.25) is 11.7 Å². The van der Waals surface area contributed by atoms with Crippen LogP contribution in [0, 0.1) is 0 Å². The Morgan fingerprint density at radius 3 is 2.56 bits per heavy atom. The van der Waals surface area contributed by atoms with Gasteiger partial charge in [-0.15, -0.1) is 0 Å². The lowest BCUT2D eigenvalue weighted by Gasteiger charge is -2.36. The number of nitrogens with one attached hydrogen (secondary N) is 1. The number of carbonyl (C=O) groups excluding carboxylic acids is 1.